The molecule has 0 saturated heterocycles. The lowest BCUT2D eigenvalue weighted by Crippen LogP contribution is -2.33. The molecule has 4 heteroatoms. The molecule has 0 atom stereocenters. The van der Waals surface area contributed by atoms with Crippen LogP contribution in [0.4, 0.5) is 0 Å². The second kappa shape index (κ2) is 7.45. The van der Waals surface area contributed by atoms with Crippen LogP contribution in [0.2, 0.25) is 0 Å². The van der Waals surface area contributed by atoms with Crippen LogP contribution in [0.3, 0.4) is 0 Å². The normalized spacial score (nSPS) is 14.6. The van der Waals surface area contributed by atoms with Gasteiger partial charge < -0.3 is 9.80 Å². The zero-order chi connectivity index (χ0) is 17.8. The van der Waals surface area contributed by atoms with Crippen molar-refractivity contribution in [2.45, 2.75) is 0 Å². The Kier molecular flexibility index (Phi) is 5.10. The summed E-state index contributed by atoms with van der Waals surface area (Å²) >= 11 is 0. The van der Waals surface area contributed by atoms with Crippen LogP contribution in [0.5, 0.6) is 0 Å². The van der Waals surface area contributed by atoms with Crippen LogP contribution in [0.15, 0.2) is 54.7 Å². The van der Waals surface area contributed by atoms with Gasteiger partial charge in [0.1, 0.15) is 0 Å². The van der Waals surface area contributed by atoms with Gasteiger partial charge in [0.15, 0.2) is 0 Å². The monoisotopic (exact) mass is 333 g/mol. The van der Waals surface area contributed by atoms with E-state index in [9.17, 15) is 4.79 Å². The van der Waals surface area contributed by atoms with Crippen LogP contribution in [0, 0.1) is 0 Å². The number of hydrogen-bond donors (Lipinski definition) is 0. The highest BCUT2D eigenvalue weighted by atomic mass is 16.2. The Hall–Kier alpha value is -2.72. The molecule has 0 radical (unpaired) electrons. The Balaban J connectivity index is 1.93. The molecular weight excluding hydrogens is 310 g/mol. The van der Waals surface area contributed by atoms with Crippen molar-refractivity contribution in [3.63, 3.8) is 0 Å². The van der Waals surface area contributed by atoms with Gasteiger partial charge >= 0.3 is 0 Å². The molecule has 2 aromatic rings. The Morgan fingerprint density at radius 3 is 2.40 bits per heavy atom. The quantitative estimate of drug-likeness (QED) is 0.844. The fraction of sp³-hybridized carbons (Fsp3) is 0.238. The van der Waals surface area contributed by atoms with Gasteiger partial charge in [-0.05, 0) is 55.1 Å². The Labute approximate surface area is 149 Å². The van der Waals surface area contributed by atoms with E-state index in [4.69, 9.17) is 0 Å². The van der Waals surface area contributed by atoms with Crippen LogP contribution in [0.1, 0.15) is 16.8 Å². The van der Waals surface area contributed by atoms with Gasteiger partial charge in [-0.1, -0.05) is 30.3 Å². The van der Waals surface area contributed by atoms with Crippen molar-refractivity contribution in [3.05, 3.63) is 71.6 Å². The summed E-state index contributed by atoms with van der Waals surface area (Å²) in [6.45, 7) is 1.54. The van der Waals surface area contributed by atoms with E-state index in [1.54, 1.807) is 11.1 Å². The maximum atomic E-state index is 12.9. The first-order valence-corrected chi connectivity index (χ1v) is 8.40. The summed E-state index contributed by atoms with van der Waals surface area (Å²) in [5, 5.41) is 0. The van der Waals surface area contributed by atoms with Gasteiger partial charge in [-0.25, -0.2) is 0 Å². The minimum absolute atomic E-state index is 0.0544. The molecule has 1 aromatic carbocycles. The van der Waals surface area contributed by atoms with Gasteiger partial charge in [0.2, 0.25) is 0 Å². The maximum absolute atomic E-state index is 12.9. The van der Waals surface area contributed by atoms with Crippen LogP contribution >= 0.6 is 0 Å². The summed E-state index contributed by atoms with van der Waals surface area (Å²) in [5.41, 5.74) is 4.74. The van der Waals surface area contributed by atoms with E-state index in [2.05, 4.69) is 16.0 Å². The molecule has 3 rings (SSSR count). The second-order valence-electron chi connectivity index (χ2n) is 6.49. The summed E-state index contributed by atoms with van der Waals surface area (Å²) in [6.07, 6.45) is 5.78. The zero-order valence-corrected chi connectivity index (χ0v) is 14.9. The fourth-order valence-corrected chi connectivity index (χ4v) is 2.85. The first kappa shape index (κ1) is 17.1. The molecule has 1 amide bonds. The van der Waals surface area contributed by atoms with E-state index in [0.717, 1.165) is 34.5 Å². The third-order valence-corrected chi connectivity index (χ3v) is 4.28. The van der Waals surface area contributed by atoms with E-state index >= 15 is 0 Å². The van der Waals surface area contributed by atoms with Gasteiger partial charge in [0.05, 0.1) is 5.69 Å². The predicted molar refractivity (Wildman–Crippen MR) is 103 cm³/mol. The molecular formula is C21H23N3O. The van der Waals surface area contributed by atoms with Gasteiger partial charge in [0, 0.05) is 31.9 Å². The lowest BCUT2D eigenvalue weighted by atomic mass is 10.0. The predicted octanol–water partition coefficient (Wildman–Crippen LogP) is 3.04. The van der Waals surface area contributed by atoms with Crippen LogP contribution in [0.25, 0.3) is 17.2 Å². The number of benzene rings is 1. The number of rotatable bonds is 5. The molecule has 0 bridgehead atoms. The van der Waals surface area contributed by atoms with Gasteiger partial charge in [-0.15, -0.1) is 0 Å². The third-order valence-electron chi connectivity index (χ3n) is 4.28. The first-order chi connectivity index (χ1) is 12.1. The molecule has 0 saturated carbocycles. The number of likely N-dealkylation sites (N-methyl/N-ethyl adjacent to an activating group) is 2. The molecule has 1 aromatic heterocycles. The van der Waals surface area contributed by atoms with Crippen LogP contribution in [-0.4, -0.2) is 54.9 Å². The summed E-state index contributed by atoms with van der Waals surface area (Å²) in [7, 11) is 5.88. The van der Waals surface area contributed by atoms with Crippen molar-refractivity contribution in [1.82, 2.24) is 14.8 Å². The number of aromatic nitrogens is 1. The van der Waals surface area contributed by atoms with Gasteiger partial charge in [-0.2, -0.15) is 0 Å². The molecule has 1 aliphatic rings. The standard InChI is InChI=1S/C21H23N3O/c1-23(2)12-13-24(3)21(25)20-15-16(14-17-8-6-7-11-22-17)18-9-4-5-10-19(18)20/h4-11,14-15H,12-13H2,1-3H3/b16-14-. The molecule has 0 N–H and O–H groups in total. The van der Waals surface area contributed by atoms with Crippen molar-refractivity contribution in [2.24, 2.45) is 0 Å². The van der Waals surface area contributed by atoms with Crippen molar-refractivity contribution >= 4 is 23.1 Å². The number of amides is 1. The van der Waals surface area contributed by atoms with E-state index in [0.29, 0.717) is 6.54 Å². The van der Waals surface area contributed by atoms with Crippen molar-refractivity contribution in [2.75, 3.05) is 34.2 Å². The number of carbonyl (C=O) groups excluding carboxylic acids is 1. The van der Waals surface area contributed by atoms with Crippen molar-refractivity contribution < 1.29 is 4.79 Å². The average molecular weight is 333 g/mol. The fourth-order valence-electron chi connectivity index (χ4n) is 2.85. The topological polar surface area (TPSA) is 36.4 Å². The molecule has 1 aliphatic carbocycles. The summed E-state index contributed by atoms with van der Waals surface area (Å²) in [6, 6.07) is 13.9. The highest BCUT2D eigenvalue weighted by Gasteiger charge is 2.25. The second-order valence-corrected chi connectivity index (χ2v) is 6.49. The smallest absolute Gasteiger partial charge is 0.254 e. The van der Waals surface area contributed by atoms with Gasteiger partial charge in [0.25, 0.3) is 5.91 Å². The van der Waals surface area contributed by atoms with Gasteiger partial charge in [-0.3, -0.25) is 9.78 Å². The van der Waals surface area contributed by atoms with E-state index in [1.807, 2.05) is 69.7 Å². The molecule has 0 spiro atoms. The van der Waals surface area contributed by atoms with Crippen molar-refractivity contribution in [3.8, 4) is 0 Å². The minimum Gasteiger partial charge on any atom is -0.340 e. The Bertz CT molecular complexity index is 822. The lowest BCUT2D eigenvalue weighted by Gasteiger charge is -2.20. The third kappa shape index (κ3) is 3.86. The van der Waals surface area contributed by atoms with E-state index in [-0.39, 0.29) is 5.91 Å². The molecule has 1 heterocycles. The Morgan fingerprint density at radius 2 is 1.72 bits per heavy atom. The SMILES string of the molecule is CN(C)CCN(C)C(=O)C1=C/C(=C/c2ccccn2)c2ccccc21. The highest BCUT2D eigenvalue weighted by Crippen LogP contribution is 2.36. The van der Waals surface area contributed by atoms with Crippen LogP contribution in [-0.2, 0) is 4.79 Å². The molecule has 25 heavy (non-hydrogen) atoms. The maximum Gasteiger partial charge on any atom is 0.254 e. The minimum atomic E-state index is 0.0544. The molecule has 0 fully saturated rings. The largest absolute Gasteiger partial charge is 0.340 e. The Morgan fingerprint density at radius 1 is 1.00 bits per heavy atom. The molecule has 4 nitrogen and oxygen atoms in total. The van der Waals surface area contributed by atoms with E-state index < -0.39 is 0 Å². The van der Waals surface area contributed by atoms with Crippen LogP contribution < -0.4 is 0 Å². The summed E-state index contributed by atoms with van der Waals surface area (Å²) in [4.78, 5) is 21.1. The number of carbonyl (C=O) groups is 1. The number of pyridine rings is 1. The molecule has 0 unspecified atom stereocenters. The number of fused-ring (bicyclic) bond motifs is 1. The summed E-state index contributed by atoms with van der Waals surface area (Å²) < 4.78 is 0. The number of nitrogens with zero attached hydrogens (tertiary/aromatic N) is 3. The number of allylic oxidation sites excluding steroid dienone is 2. The summed E-state index contributed by atoms with van der Waals surface area (Å²) in [5.74, 6) is 0.0544. The van der Waals surface area contributed by atoms with E-state index in [1.165, 1.54) is 0 Å². The molecule has 0 aliphatic heterocycles. The number of hydrogen-bond acceptors (Lipinski definition) is 3. The first-order valence-electron chi connectivity index (χ1n) is 8.40. The highest BCUT2D eigenvalue weighted by molar-refractivity contribution is 6.26. The van der Waals surface area contributed by atoms with Crippen molar-refractivity contribution in [1.29, 1.82) is 0 Å². The lowest BCUT2D eigenvalue weighted by molar-refractivity contribution is -0.123. The molecule has 128 valence electrons. The zero-order valence-electron chi connectivity index (χ0n) is 14.9. The average Bonchev–Trinajstić information content (AvgIpc) is 2.98.